The minimum atomic E-state index is 0.206. The number of hydrogen-bond donors (Lipinski definition) is 0. The van der Waals surface area contributed by atoms with Crippen LogP contribution in [0.25, 0.3) is 0 Å². The number of rotatable bonds is 7. The number of hydrogen-bond acceptors (Lipinski definition) is 1. The molecule has 3 aliphatic carbocycles. The average molecular weight is 341 g/mol. The van der Waals surface area contributed by atoms with Gasteiger partial charge in [0.25, 0.3) is 0 Å². The smallest absolute Gasteiger partial charge is 0.137 e. The third-order valence-electron chi connectivity index (χ3n) is 7.41. The summed E-state index contributed by atoms with van der Waals surface area (Å²) < 4.78 is 0. The number of benzene rings is 1. The van der Waals surface area contributed by atoms with Gasteiger partial charge in [-0.05, 0) is 46.6 Å². The van der Waals surface area contributed by atoms with Gasteiger partial charge in [0.1, 0.15) is 5.78 Å². The Hall–Kier alpha value is -1.11. The molecule has 0 spiro atoms. The van der Waals surface area contributed by atoms with E-state index in [1.165, 1.54) is 43.2 Å². The predicted molar refractivity (Wildman–Crippen MR) is 106 cm³/mol. The van der Waals surface area contributed by atoms with Gasteiger partial charge in [0.2, 0.25) is 0 Å². The number of Topliss-reactive ketones (excluding diaryl/α,β-unsaturated/α-hetero) is 1. The molecule has 1 aromatic carbocycles. The molecule has 0 saturated heterocycles. The highest BCUT2D eigenvalue weighted by molar-refractivity contribution is 5.85. The Kier molecular flexibility index (Phi) is 5.15. The van der Waals surface area contributed by atoms with Gasteiger partial charge in [-0.2, -0.15) is 0 Å². The molecule has 3 atom stereocenters. The van der Waals surface area contributed by atoms with Crippen LogP contribution in [0.5, 0.6) is 0 Å². The molecule has 4 rings (SSSR count). The van der Waals surface area contributed by atoms with Crippen LogP contribution in [0.4, 0.5) is 0 Å². The molecule has 0 N–H and O–H groups in total. The summed E-state index contributed by atoms with van der Waals surface area (Å²) >= 11 is 0. The lowest BCUT2D eigenvalue weighted by molar-refractivity contribution is -0.151. The Morgan fingerprint density at radius 3 is 2.32 bits per heavy atom. The second-order valence-electron chi connectivity index (χ2n) is 9.81. The highest BCUT2D eigenvalue weighted by Crippen LogP contribution is 2.62. The van der Waals surface area contributed by atoms with E-state index in [2.05, 4.69) is 58.9 Å². The summed E-state index contributed by atoms with van der Waals surface area (Å²) in [7, 11) is 0. The van der Waals surface area contributed by atoms with Crippen molar-refractivity contribution >= 4 is 5.78 Å². The third-order valence-corrected chi connectivity index (χ3v) is 7.41. The quantitative estimate of drug-likeness (QED) is 0.508. The van der Waals surface area contributed by atoms with Gasteiger partial charge in [0, 0.05) is 12.3 Å². The molecule has 3 fully saturated rings. The molecular weight excluding hydrogens is 304 g/mol. The van der Waals surface area contributed by atoms with E-state index in [4.69, 9.17) is 0 Å². The number of carbonyl (C=O) groups is 1. The molecule has 3 saturated carbocycles. The van der Waals surface area contributed by atoms with Crippen LogP contribution in [0.3, 0.4) is 0 Å². The fraction of sp³-hybridized carbons (Fsp3) is 0.708. The molecule has 1 heteroatoms. The molecule has 0 radical (unpaired) electrons. The first kappa shape index (κ1) is 18.7. The number of carbonyl (C=O) groups excluding carboxylic acids is 1. The molecule has 1 aromatic rings. The summed E-state index contributed by atoms with van der Waals surface area (Å²) in [5.41, 5.74) is 3.28. The molecule has 25 heavy (non-hydrogen) atoms. The molecule has 0 aliphatic heterocycles. The first-order valence-corrected chi connectivity index (χ1v) is 10.4. The maximum atomic E-state index is 12.4. The molecule has 0 amide bonds. The number of fused-ring (bicyclic) bond motifs is 2. The van der Waals surface area contributed by atoms with Gasteiger partial charge in [-0.25, -0.2) is 0 Å². The Morgan fingerprint density at radius 2 is 1.76 bits per heavy atom. The SMILES string of the molecule is CCCCCCC(C)(C)c1ccc([C@H]2CC(=O)[C@H]3C[C@@H]2C3(C)C)cc1. The van der Waals surface area contributed by atoms with E-state index in [-0.39, 0.29) is 10.8 Å². The largest absolute Gasteiger partial charge is 0.299 e. The summed E-state index contributed by atoms with van der Waals surface area (Å²) in [4.78, 5) is 12.4. The van der Waals surface area contributed by atoms with Crippen LogP contribution >= 0.6 is 0 Å². The minimum absolute atomic E-state index is 0.206. The summed E-state index contributed by atoms with van der Waals surface area (Å²) in [6.45, 7) is 11.6. The standard InChI is InChI=1S/C24H36O/c1-6-7-8-9-14-23(2,3)18-12-10-17(11-13-18)19-15-22(25)21-16-20(19)24(21,4)5/h10-13,19-21H,6-9,14-16H2,1-5H3/t19-,20+,21-/m1/s1. The second-order valence-corrected chi connectivity index (χ2v) is 9.81. The number of ketones is 1. The van der Waals surface area contributed by atoms with E-state index in [1.807, 2.05) is 0 Å². The van der Waals surface area contributed by atoms with E-state index < -0.39 is 0 Å². The van der Waals surface area contributed by atoms with Crippen molar-refractivity contribution in [3.8, 4) is 0 Å². The van der Waals surface area contributed by atoms with Gasteiger partial charge in [-0.3, -0.25) is 4.79 Å². The zero-order valence-electron chi connectivity index (χ0n) is 16.9. The average Bonchev–Trinajstić information content (AvgIpc) is 2.58. The molecule has 2 bridgehead atoms. The molecule has 0 aromatic heterocycles. The highest BCUT2D eigenvalue weighted by Gasteiger charge is 2.58. The van der Waals surface area contributed by atoms with E-state index >= 15 is 0 Å². The maximum absolute atomic E-state index is 12.4. The maximum Gasteiger partial charge on any atom is 0.137 e. The molecule has 138 valence electrons. The van der Waals surface area contributed by atoms with Gasteiger partial charge >= 0.3 is 0 Å². The fourth-order valence-corrected chi connectivity index (χ4v) is 5.36. The van der Waals surface area contributed by atoms with E-state index in [0.717, 1.165) is 12.8 Å². The van der Waals surface area contributed by atoms with Crippen LogP contribution in [0.15, 0.2) is 24.3 Å². The molecule has 3 aliphatic rings. The van der Waals surface area contributed by atoms with Crippen LogP contribution in [0.1, 0.15) is 96.6 Å². The fourth-order valence-electron chi connectivity index (χ4n) is 5.36. The van der Waals surface area contributed by atoms with E-state index in [1.54, 1.807) is 0 Å². The Balaban J connectivity index is 1.69. The van der Waals surface area contributed by atoms with E-state index in [9.17, 15) is 4.79 Å². The summed E-state index contributed by atoms with van der Waals surface area (Å²) in [5, 5.41) is 0. The normalized spacial score (nSPS) is 27.9. The Labute approximate surface area is 154 Å². The van der Waals surface area contributed by atoms with Crippen molar-refractivity contribution in [2.75, 3.05) is 0 Å². The van der Waals surface area contributed by atoms with Crippen molar-refractivity contribution in [3.05, 3.63) is 35.4 Å². The first-order valence-electron chi connectivity index (χ1n) is 10.4. The zero-order valence-corrected chi connectivity index (χ0v) is 16.9. The van der Waals surface area contributed by atoms with Crippen molar-refractivity contribution in [1.29, 1.82) is 0 Å². The lowest BCUT2D eigenvalue weighted by atomic mass is 9.44. The molecular formula is C24H36O. The van der Waals surface area contributed by atoms with E-state index in [0.29, 0.717) is 23.5 Å². The summed E-state index contributed by atoms with van der Waals surface area (Å²) in [6.07, 6.45) is 8.44. The first-order chi connectivity index (χ1) is 11.8. The lowest BCUT2D eigenvalue weighted by Crippen LogP contribution is -2.56. The van der Waals surface area contributed by atoms with Crippen molar-refractivity contribution in [2.45, 2.75) is 90.9 Å². The van der Waals surface area contributed by atoms with Crippen molar-refractivity contribution < 1.29 is 4.79 Å². The molecule has 0 unspecified atom stereocenters. The van der Waals surface area contributed by atoms with Gasteiger partial charge < -0.3 is 0 Å². The van der Waals surface area contributed by atoms with Gasteiger partial charge in [0.15, 0.2) is 0 Å². The molecule has 0 heterocycles. The Bertz CT molecular complexity index is 607. The Morgan fingerprint density at radius 1 is 1.08 bits per heavy atom. The topological polar surface area (TPSA) is 17.1 Å². The lowest BCUT2D eigenvalue weighted by Gasteiger charge is -2.59. The van der Waals surface area contributed by atoms with Crippen LogP contribution < -0.4 is 0 Å². The third kappa shape index (κ3) is 3.44. The van der Waals surface area contributed by atoms with Crippen molar-refractivity contribution in [2.24, 2.45) is 17.3 Å². The summed E-state index contributed by atoms with van der Waals surface area (Å²) in [5.74, 6) is 1.95. The van der Waals surface area contributed by atoms with Gasteiger partial charge in [-0.15, -0.1) is 0 Å². The summed E-state index contributed by atoms with van der Waals surface area (Å²) in [6, 6.07) is 9.29. The molecule has 1 nitrogen and oxygen atoms in total. The van der Waals surface area contributed by atoms with Crippen molar-refractivity contribution in [3.63, 3.8) is 0 Å². The monoisotopic (exact) mass is 340 g/mol. The van der Waals surface area contributed by atoms with Crippen LogP contribution in [0, 0.1) is 17.3 Å². The second kappa shape index (κ2) is 6.89. The zero-order chi connectivity index (χ0) is 18.2. The predicted octanol–water partition coefficient (Wildman–Crippen LogP) is 6.65. The van der Waals surface area contributed by atoms with Gasteiger partial charge in [0.05, 0.1) is 0 Å². The minimum Gasteiger partial charge on any atom is -0.299 e. The van der Waals surface area contributed by atoms with Crippen LogP contribution in [0.2, 0.25) is 0 Å². The van der Waals surface area contributed by atoms with Crippen molar-refractivity contribution in [1.82, 2.24) is 0 Å². The number of unbranched alkanes of at least 4 members (excludes halogenated alkanes) is 3. The van der Waals surface area contributed by atoms with Gasteiger partial charge in [-0.1, -0.05) is 84.6 Å². The highest BCUT2D eigenvalue weighted by atomic mass is 16.1. The van der Waals surface area contributed by atoms with Crippen LogP contribution in [-0.2, 0) is 10.2 Å². The van der Waals surface area contributed by atoms with Crippen LogP contribution in [-0.4, -0.2) is 5.78 Å².